The lowest BCUT2D eigenvalue weighted by molar-refractivity contribution is -0.890. The topological polar surface area (TPSA) is 0 Å². The van der Waals surface area contributed by atoms with Gasteiger partial charge in [-0.3, -0.25) is 0 Å². The molecule has 2 nitrogen and oxygen atoms in total. The summed E-state index contributed by atoms with van der Waals surface area (Å²) >= 11 is 0. The van der Waals surface area contributed by atoms with Crippen LogP contribution in [-0.4, -0.2) is 85.7 Å². The Bertz CT molecular complexity index is 593. The molecule has 4 saturated heterocycles. The first-order valence-corrected chi connectivity index (χ1v) is 17.3. The van der Waals surface area contributed by atoms with E-state index in [9.17, 15) is 0 Å². The summed E-state index contributed by atoms with van der Waals surface area (Å²) in [4.78, 5) is 0. The lowest BCUT2D eigenvalue weighted by Crippen LogP contribution is -3.00. The van der Waals surface area contributed by atoms with E-state index in [2.05, 4.69) is 55.9 Å². The van der Waals surface area contributed by atoms with Crippen molar-refractivity contribution in [2.75, 3.05) is 54.4 Å². The number of hydrogen-bond acceptors (Lipinski definition) is 0. The Morgan fingerprint density at radius 2 is 1.05 bits per heavy atom. The second-order valence-corrected chi connectivity index (χ2v) is 15.0. The summed E-state index contributed by atoms with van der Waals surface area (Å²) in [6.45, 7) is 14.5. The molecule has 4 radical (unpaired) electrons. The summed E-state index contributed by atoms with van der Waals surface area (Å²) in [5.41, 5.74) is 0. The molecule has 0 aromatic rings. The maximum absolute atomic E-state index is 3.74. The van der Waals surface area contributed by atoms with Crippen molar-refractivity contribution in [1.29, 1.82) is 0 Å². The molecule has 4 heterocycles. The number of quaternary nitrogens is 2. The average molecular weight is 609 g/mol. The Morgan fingerprint density at radius 3 is 1.44 bits per heavy atom. The van der Waals surface area contributed by atoms with Crippen molar-refractivity contribution in [1.82, 2.24) is 0 Å². The lowest BCUT2D eigenvalue weighted by atomic mass is 9.26. The summed E-state index contributed by atoms with van der Waals surface area (Å²) < 4.78 is 2.33. The molecule has 0 N–H and O–H groups in total. The number of likely N-dealkylation sites (N-methyl/N-ethyl adjacent to an activating group) is 1. The molecule has 0 atom stereocenters. The van der Waals surface area contributed by atoms with Crippen LogP contribution in [0, 0.1) is 0 Å². The fourth-order valence-electron chi connectivity index (χ4n) is 8.11. The van der Waals surface area contributed by atoms with Crippen molar-refractivity contribution in [2.45, 2.75) is 153 Å². The van der Waals surface area contributed by atoms with Gasteiger partial charge in [0.25, 0.3) is 0 Å². The first kappa shape index (κ1) is 43.6. The molecule has 4 aliphatic heterocycles. The van der Waals surface area contributed by atoms with E-state index in [0.717, 1.165) is 41.0 Å². The number of rotatable bonds is 12. The van der Waals surface area contributed by atoms with Crippen LogP contribution in [0.25, 0.3) is 0 Å². The van der Waals surface area contributed by atoms with Crippen LogP contribution >= 0.6 is 0 Å². The highest BCUT2D eigenvalue weighted by Gasteiger charge is 2.38. The van der Waals surface area contributed by atoms with Gasteiger partial charge in [0.1, 0.15) is 14.0 Å². The minimum absolute atomic E-state index is 0. The molecule has 0 aliphatic carbocycles. The average Bonchev–Trinajstić information content (AvgIpc) is 2.87. The van der Waals surface area contributed by atoms with Crippen molar-refractivity contribution in [2.24, 2.45) is 0 Å². The zero-order valence-electron chi connectivity index (χ0n) is 28.5. The third-order valence-corrected chi connectivity index (χ3v) is 10.5. The summed E-state index contributed by atoms with van der Waals surface area (Å²) in [6.07, 6.45) is 28.6. The van der Waals surface area contributed by atoms with Gasteiger partial charge in [-0.05, 0) is 25.3 Å². The van der Waals surface area contributed by atoms with E-state index < -0.39 is 0 Å². The van der Waals surface area contributed by atoms with Crippen molar-refractivity contribution >= 4 is 22.4 Å². The molecule has 4 aliphatic rings. The maximum Gasteiger partial charge on any atom is 0.146 e. The second kappa shape index (κ2) is 23.8. The summed E-state index contributed by atoms with van der Waals surface area (Å²) in [7, 11) is 12.0. The van der Waals surface area contributed by atoms with E-state index >= 15 is 0 Å². The molecule has 4 bridgehead atoms. The molecule has 4 rings (SSSR count). The molecule has 0 aromatic carbocycles. The maximum atomic E-state index is 3.74. The first-order chi connectivity index (χ1) is 18.2. The normalized spacial score (nSPS) is 24.8. The highest BCUT2D eigenvalue weighted by molar-refractivity contribution is 6.62. The van der Waals surface area contributed by atoms with Crippen molar-refractivity contribution in [3.05, 3.63) is 12.7 Å². The van der Waals surface area contributed by atoms with Gasteiger partial charge in [0.15, 0.2) is 0 Å². The molecule has 0 aromatic heterocycles. The molecule has 4 fully saturated rings. The van der Waals surface area contributed by atoms with Crippen LogP contribution in [0.2, 0.25) is 29.6 Å². The highest BCUT2D eigenvalue weighted by Crippen LogP contribution is 2.48. The van der Waals surface area contributed by atoms with Crippen LogP contribution in [0.5, 0.6) is 0 Å². The van der Waals surface area contributed by atoms with Crippen LogP contribution in [-0.2, 0) is 0 Å². The minimum Gasteiger partial charge on any atom is -1.00 e. The van der Waals surface area contributed by atoms with E-state index in [4.69, 9.17) is 0 Å². The fraction of sp³-hybridized carbons (Fsp3) is 0.941. The Hall–Kier alpha value is 0.435. The summed E-state index contributed by atoms with van der Waals surface area (Å²) in [6, 6.07) is 0. The second-order valence-electron chi connectivity index (χ2n) is 15.0. The largest absolute Gasteiger partial charge is 1.00 e. The molecule has 0 saturated carbocycles. The smallest absolute Gasteiger partial charge is 0.146 e. The Morgan fingerprint density at radius 1 is 0.659 bits per heavy atom. The molecular weight excluding hydrogens is 540 g/mol. The highest BCUT2D eigenvalue weighted by atomic mass is 35.5. The number of halogens is 2. The summed E-state index contributed by atoms with van der Waals surface area (Å²) in [5.74, 6) is 4.27. The van der Waals surface area contributed by atoms with Gasteiger partial charge in [0.2, 0.25) is 0 Å². The molecule has 0 amide bonds. The van der Waals surface area contributed by atoms with E-state index in [0.29, 0.717) is 0 Å². The van der Waals surface area contributed by atoms with Gasteiger partial charge < -0.3 is 33.8 Å². The van der Waals surface area contributed by atoms with Crippen molar-refractivity contribution in [3.8, 4) is 0 Å². The molecule has 238 valence electrons. The van der Waals surface area contributed by atoms with E-state index in [1.807, 2.05) is 6.08 Å². The number of nitrogens with zero attached hydrogens (tertiary/aromatic N) is 2. The van der Waals surface area contributed by atoms with Gasteiger partial charge in [-0.15, -0.1) is 0 Å². The Labute approximate surface area is 274 Å². The number of fused-ring (bicyclic) bond motifs is 4. The lowest BCUT2D eigenvalue weighted by Gasteiger charge is -2.41. The quantitative estimate of drug-likeness (QED) is 0.181. The minimum atomic E-state index is 0. The van der Waals surface area contributed by atoms with E-state index in [1.165, 1.54) is 114 Å². The molecule has 7 heteroatoms. The van der Waals surface area contributed by atoms with Crippen LogP contribution in [0.15, 0.2) is 12.7 Å². The molecule has 41 heavy (non-hydrogen) atoms. The zero-order chi connectivity index (χ0) is 27.9. The van der Waals surface area contributed by atoms with Gasteiger partial charge in [-0.25, -0.2) is 0 Å². The first-order valence-electron chi connectivity index (χ1n) is 17.3. The molecular formula is C34H69B3Cl2N2. The number of hydrogen-bond donors (Lipinski definition) is 0. The van der Waals surface area contributed by atoms with Crippen LogP contribution in [0.4, 0.5) is 0 Å². The predicted molar refractivity (Wildman–Crippen MR) is 181 cm³/mol. The van der Waals surface area contributed by atoms with Gasteiger partial charge in [0, 0.05) is 8.41 Å². The van der Waals surface area contributed by atoms with Gasteiger partial charge >= 0.3 is 0 Å². The Kier molecular flexibility index (Phi) is 25.3. The standard InChI is InChI=1S/C17H35BN.C9H20N.C8H14B.B.2ClH/c1-4-5-14-19(2,3)15-8-13-18-16-9-6-10-17(18)12-7-11-16;1-5-7-9-10(3,4)8-6-2;1-3-7-5-2-6-8(4-1)9-7;;;/h16-17H,4-15H2,1-3H3;6H,2,5,7-9H2,1,3-4H3;7-8H,1-6H2;;2*1H/q2*+1;;;;/p-2. The van der Waals surface area contributed by atoms with Crippen LogP contribution < -0.4 is 24.8 Å². The SMILES string of the molecule is C=CC[N+](C)(C)CCCC.CCCC[N+](C)(C)CCCB1C2CCCC1CCC2.[B].[B]1C2CCCC1CCC2.[Cl-].[Cl-]. The zero-order valence-corrected chi connectivity index (χ0v) is 30.0. The van der Waals surface area contributed by atoms with Gasteiger partial charge in [0.05, 0.1) is 54.4 Å². The Balaban J connectivity index is 0. The summed E-state index contributed by atoms with van der Waals surface area (Å²) in [5, 5.41) is 0. The monoisotopic (exact) mass is 609 g/mol. The van der Waals surface area contributed by atoms with E-state index in [-0.39, 0.29) is 33.2 Å². The van der Waals surface area contributed by atoms with Crippen molar-refractivity contribution < 1.29 is 33.8 Å². The van der Waals surface area contributed by atoms with Crippen molar-refractivity contribution in [3.63, 3.8) is 0 Å². The molecule has 0 unspecified atom stereocenters. The third kappa shape index (κ3) is 18.1. The van der Waals surface area contributed by atoms with E-state index in [1.54, 1.807) is 25.7 Å². The fourth-order valence-corrected chi connectivity index (χ4v) is 8.11. The van der Waals surface area contributed by atoms with Crippen LogP contribution in [0.1, 0.15) is 123 Å². The predicted octanol–water partition coefficient (Wildman–Crippen LogP) is 3.17. The van der Waals surface area contributed by atoms with Gasteiger partial charge in [-0.1, -0.05) is 140 Å². The third-order valence-electron chi connectivity index (χ3n) is 10.5. The molecule has 0 spiro atoms. The van der Waals surface area contributed by atoms with Crippen LogP contribution in [0.3, 0.4) is 0 Å². The number of unbranched alkanes of at least 4 members (excludes halogenated alkanes) is 2. The van der Waals surface area contributed by atoms with Gasteiger partial charge in [-0.2, -0.15) is 0 Å².